The van der Waals surface area contributed by atoms with Crippen molar-refractivity contribution >= 4 is 33.2 Å². The molecule has 0 aliphatic heterocycles. The highest BCUT2D eigenvalue weighted by atomic mass is 35.5. The summed E-state index contributed by atoms with van der Waals surface area (Å²) in [5.41, 5.74) is 0.621. The third-order valence-electron chi connectivity index (χ3n) is 3.20. The van der Waals surface area contributed by atoms with Gasteiger partial charge in [-0.3, -0.25) is 0 Å². The molecule has 120 valence electrons. The fourth-order valence-corrected chi connectivity index (χ4v) is 4.44. The predicted octanol–water partition coefficient (Wildman–Crippen LogP) is 3.04. The molecule has 1 atom stereocenters. The molecule has 1 aromatic carbocycles. The summed E-state index contributed by atoms with van der Waals surface area (Å²) in [6.07, 6.45) is 0. The van der Waals surface area contributed by atoms with Gasteiger partial charge in [0.15, 0.2) is 0 Å². The molecule has 1 unspecified atom stereocenters. The second kappa shape index (κ2) is 7.79. The highest BCUT2D eigenvalue weighted by molar-refractivity contribution is 7.89. The summed E-state index contributed by atoms with van der Waals surface area (Å²) in [7, 11) is 0.287. The molecule has 0 aliphatic carbocycles. The minimum Gasteiger partial charge on any atom is -0.308 e. The van der Waals surface area contributed by atoms with E-state index in [4.69, 9.17) is 23.2 Å². The number of alkyl halides is 1. The maximum Gasteiger partial charge on any atom is 0.243 e. The van der Waals surface area contributed by atoms with E-state index >= 15 is 0 Å². The lowest BCUT2D eigenvalue weighted by atomic mass is 10.2. The Kier molecular flexibility index (Phi) is 6.94. The number of hydrogen-bond acceptors (Lipinski definition) is 3. The zero-order valence-electron chi connectivity index (χ0n) is 12.8. The number of sulfonamides is 1. The highest BCUT2D eigenvalue weighted by Crippen LogP contribution is 2.25. The van der Waals surface area contributed by atoms with Crippen molar-refractivity contribution in [2.75, 3.05) is 27.2 Å². The van der Waals surface area contributed by atoms with Crippen LogP contribution in [0.1, 0.15) is 19.4 Å². The molecule has 0 aromatic heterocycles. The van der Waals surface area contributed by atoms with Gasteiger partial charge in [-0.25, -0.2) is 8.42 Å². The molecule has 0 amide bonds. The maximum atomic E-state index is 12.8. The molecule has 0 saturated carbocycles. The standard InChI is InChI=1S/C14H22Cl2N2O2S/c1-5-18(11(2)10-17(3)4)21(19,20)13-6-7-14(16)12(8-13)9-15/h6-8,11H,5,9-10H2,1-4H3. The summed E-state index contributed by atoms with van der Waals surface area (Å²) in [6, 6.07) is 4.54. The Balaban J connectivity index is 3.18. The van der Waals surface area contributed by atoms with Crippen molar-refractivity contribution in [1.82, 2.24) is 9.21 Å². The minimum atomic E-state index is -3.56. The van der Waals surface area contributed by atoms with Gasteiger partial charge in [0.2, 0.25) is 10.0 Å². The average Bonchev–Trinajstić information content (AvgIpc) is 2.38. The normalized spacial score (nSPS) is 13.9. The Labute approximate surface area is 137 Å². The maximum absolute atomic E-state index is 12.8. The van der Waals surface area contributed by atoms with Gasteiger partial charge in [-0.05, 0) is 44.8 Å². The summed E-state index contributed by atoms with van der Waals surface area (Å²) in [5, 5.41) is 0.480. The largest absolute Gasteiger partial charge is 0.308 e. The lowest BCUT2D eigenvalue weighted by Crippen LogP contribution is -2.43. The summed E-state index contributed by atoms with van der Waals surface area (Å²) < 4.78 is 27.1. The number of likely N-dealkylation sites (N-methyl/N-ethyl adjacent to an activating group) is 2. The van der Waals surface area contributed by atoms with E-state index in [1.807, 2.05) is 32.8 Å². The number of nitrogens with zero attached hydrogens (tertiary/aromatic N) is 2. The van der Waals surface area contributed by atoms with Crippen LogP contribution in [0.25, 0.3) is 0 Å². The van der Waals surface area contributed by atoms with Crippen LogP contribution in [0.3, 0.4) is 0 Å². The third-order valence-corrected chi connectivity index (χ3v) is 5.94. The molecular formula is C14H22Cl2N2O2S. The first-order chi connectivity index (χ1) is 9.73. The fraction of sp³-hybridized carbons (Fsp3) is 0.571. The van der Waals surface area contributed by atoms with Gasteiger partial charge in [-0.15, -0.1) is 11.6 Å². The van der Waals surface area contributed by atoms with E-state index in [0.29, 0.717) is 23.7 Å². The van der Waals surface area contributed by atoms with Crippen LogP contribution in [0.15, 0.2) is 23.1 Å². The molecule has 0 spiro atoms. The van der Waals surface area contributed by atoms with E-state index in [-0.39, 0.29) is 16.8 Å². The lowest BCUT2D eigenvalue weighted by Gasteiger charge is -2.29. The van der Waals surface area contributed by atoms with Gasteiger partial charge in [-0.2, -0.15) is 4.31 Å². The molecule has 7 heteroatoms. The molecule has 0 N–H and O–H groups in total. The van der Waals surface area contributed by atoms with E-state index in [1.165, 1.54) is 10.4 Å². The van der Waals surface area contributed by atoms with Crippen molar-refractivity contribution in [3.8, 4) is 0 Å². The van der Waals surface area contributed by atoms with Gasteiger partial charge >= 0.3 is 0 Å². The molecule has 0 aliphatic rings. The summed E-state index contributed by atoms with van der Waals surface area (Å²) in [4.78, 5) is 2.20. The Bertz CT molecular complexity index is 576. The molecule has 0 heterocycles. The van der Waals surface area contributed by atoms with Crippen LogP contribution in [0.2, 0.25) is 5.02 Å². The molecule has 1 rings (SSSR count). The minimum absolute atomic E-state index is 0.120. The quantitative estimate of drug-likeness (QED) is 0.708. The summed E-state index contributed by atoms with van der Waals surface area (Å²) in [5.74, 6) is 0.182. The topological polar surface area (TPSA) is 40.6 Å². The molecule has 4 nitrogen and oxygen atoms in total. The molecule has 0 saturated heterocycles. The molecule has 0 fully saturated rings. The van der Waals surface area contributed by atoms with Crippen LogP contribution in [0, 0.1) is 0 Å². The zero-order chi connectivity index (χ0) is 16.2. The molecule has 0 bridgehead atoms. The second-order valence-electron chi connectivity index (χ2n) is 5.21. The van der Waals surface area contributed by atoms with E-state index in [1.54, 1.807) is 12.1 Å². The third kappa shape index (κ3) is 4.57. The van der Waals surface area contributed by atoms with Crippen molar-refractivity contribution in [2.24, 2.45) is 0 Å². The smallest absolute Gasteiger partial charge is 0.243 e. The Hall–Kier alpha value is -0.330. The van der Waals surface area contributed by atoms with Crippen LogP contribution in [-0.2, 0) is 15.9 Å². The Morgan fingerprint density at radius 2 is 1.90 bits per heavy atom. The number of rotatable bonds is 7. The van der Waals surface area contributed by atoms with E-state index in [2.05, 4.69) is 0 Å². The zero-order valence-corrected chi connectivity index (χ0v) is 15.1. The van der Waals surface area contributed by atoms with Crippen molar-refractivity contribution in [2.45, 2.75) is 30.7 Å². The second-order valence-corrected chi connectivity index (χ2v) is 7.77. The average molecular weight is 353 g/mol. The monoisotopic (exact) mass is 352 g/mol. The van der Waals surface area contributed by atoms with E-state index in [0.717, 1.165) is 0 Å². The highest BCUT2D eigenvalue weighted by Gasteiger charge is 2.28. The SMILES string of the molecule is CCN(C(C)CN(C)C)S(=O)(=O)c1ccc(Cl)c(CCl)c1. The van der Waals surface area contributed by atoms with Crippen LogP contribution < -0.4 is 0 Å². The Morgan fingerprint density at radius 1 is 1.29 bits per heavy atom. The molecule has 21 heavy (non-hydrogen) atoms. The van der Waals surface area contributed by atoms with Crippen LogP contribution in [0.4, 0.5) is 0 Å². The summed E-state index contributed by atoms with van der Waals surface area (Å²) in [6.45, 7) is 4.81. The molecular weight excluding hydrogens is 331 g/mol. The van der Waals surface area contributed by atoms with Gasteiger partial charge in [0.05, 0.1) is 4.90 Å². The fourth-order valence-electron chi connectivity index (χ4n) is 2.29. The summed E-state index contributed by atoms with van der Waals surface area (Å²) >= 11 is 11.8. The number of benzene rings is 1. The van der Waals surface area contributed by atoms with Crippen molar-refractivity contribution in [3.05, 3.63) is 28.8 Å². The first-order valence-electron chi connectivity index (χ1n) is 6.75. The predicted molar refractivity (Wildman–Crippen MR) is 88.6 cm³/mol. The van der Waals surface area contributed by atoms with E-state index < -0.39 is 10.0 Å². The van der Waals surface area contributed by atoms with Crippen LogP contribution in [-0.4, -0.2) is 50.8 Å². The van der Waals surface area contributed by atoms with Gasteiger partial charge in [-0.1, -0.05) is 18.5 Å². The number of halogens is 2. The van der Waals surface area contributed by atoms with Gasteiger partial charge in [0.1, 0.15) is 0 Å². The van der Waals surface area contributed by atoms with Crippen LogP contribution >= 0.6 is 23.2 Å². The molecule has 0 radical (unpaired) electrons. The van der Waals surface area contributed by atoms with Crippen molar-refractivity contribution < 1.29 is 8.42 Å². The first-order valence-corrected chi connectivity index (χ1v) is 9.10. The first kappa shape index (κ1) is 18.7. The lowest BCUT2D eigenvalue weighted by molar-refractivity contribution is 0.271. The van der Waals surface area contributed by atoms with Crippen molar-refractivity contribution in [3.63, 3.8) is 0 Å². The van der Waals surface area contributed by atoms with Gasteiger partial charge in [0.25, 0.3) is 0 Å². The van der Waals surface area contributed by atoms with Crippen LogP contribution in [0.5, 0.6) is 0 Å². The van der Waals surface area contributed by atoms with E-state index in [9.17, 15) is 8.42 Å². The van der Waals surface area contributed by atoms with Gasteiger partial charge < -0.3 is 4.90 Å². The number of hydrogen-bond donors (Lipinski definition) is 0. The Morgan fingerprint density at radius 3 is 2.38 bits per heavy atom. The molecule has 1 aromatic rings. The van der Waals surface area contributed by atoms with Gasteiger partial charge in [0, 0.05) is 30.0 Å². The van der Waals surface area contributed by atoms with Crippen molar-refractivity contribution in [1.29, 1.82) is 0 Å².